The minimum atomic E-state index is -0.718. The van der Waals surface area contributed by atoms with Crippen LogP contribution in [0, 0.1) is 35.5 Å². The lowest BCUT2D eigenvalue weighted by Crippen LogP contribution is -2.52. The highest BCUT2D eigenvalue weighted by molar-refractivity contribution is 5.73. The van der Waals surface area contributed by atoms with Crippen LogP contribution >= 0.6 is 0 Å². The number of rotatable bonds is 2. The second kappa shape index (κ2) is 6.02. The molecular formula is C22H30N2O4. The van der Waals surface area contributed by atoms with Crippen LogP contribution in [-0.4, -0.2) is 23.4 Å². The third kappa shape index (κ3) is 2.98. The molecule has 0 radical (unpaired) electrons. The molecule has 0 aromatic carbocycles. The first-order valence-electron chi connectivity index (χ1n) is 11.3. The largest absolute Gasteiger partial charge is 0.453 e. The Morgan fingerprint density at radius 3 is 1.04 bits per heavy atom. The highest BCUT2D eigenvalue weighted by Crippen LogP contribution is 2.58. The van der Waals surface area contributed by atoms with E-state index < -0.39 is 12.2 Å². The van der Waals surface area contributed by atoms with E-state index in [1.807, 2.05) is 0 Å². The van der Waals surface area contributed by atoms with E-state index in [1.54, 1.807) is 0 Å². The lowest BCUT2D eigenvalue weighted by atomic mass is 9.54. The van der Waals surface area contributed by atoms with E-state index >= 15 is 0 Å². The van der Waals surface area contributed by atoms with Gasteiger partial charge in [0.1, 0.15) is 11.2 Å². The summed E-state index contributed by atoms with van der Waals surface area (Å²) >= 11 is 0. The molecule has 8 bridgehead atoms. The molecule has 0 aliphatic heterocycles. The van der Waals surface area contributed by atoms with E-state index in [1.165, 1.54) is 38.5 Å². The van der Waals surface area contributed by atoms with Crippen LogP contribution in [0.3, 0.4) is 0 Å². The summed E-state index contributed by atoms with van der Waals surface area (Å²) in [5, 5.41) is 7.18. The molecule has 28 heavy (non-hydrogen) atoms. The fourth-order valence-electron chi connectivity index (χ4n) is 8.81. The van der Waals surface area contributed by atoms with Gasteiger partial charge >= 0.3 is 12.2 Å². The fraction of sp³-hybridized carbons (Fsp3) is 0.909. The molecule has 2 amide bonds. The molecule has 0 atom stereocenters. The molecule has 8 saturated carbocycles. The Morgan fingerprint density at radius 1 is 0.536 bits per heavy atom. The van der Waals surface area contributed by atoms with Crippen molar-refractivity contribution in [2.75, 3.05) is 0 Å². The molecule has 0 spiro atoms. The number of azo groups is 1. The van der Waals surface area contributed by atoms with Crippen molar-refractivity contribution in [2.24, 2.45) is 45.7 Å². The maximum atomic E-state index is 12.3. The minimum absolute atomic E-state index is 0.352. The van der Waals surface area contributed by atoms with Crippen molar-refractivity contribution in [3.05, 3.63) is 0 Å². The Bertz CT molecular complexity index is 599. The summed E-state index contributed by atoms with van der Waals surface area (Å²) in [5.74, 6) is 4.15. The monoisotopic (exact) mass is 386 g/mol. The molecule has 0 heterocycles. The summed E-state index contributed by atoms with van der Waals surface area (Å²) < 4.78 is 11.6. The van der Waals surface area contributed by atoms with E-state index in [9.17, 15) is 9.59 Å². The Labute approximate surface area is 165 Å². The van der Waals surface area contributed by atoms with Gasteiger partial charge in [0, 0.05) is 0 Å². The number of hydrogen-bond donors (Lipinski definition) is 0. The van der Waals surface area contributed by atoms with Gasteiger partial charge in [-0.3, -0.25) is 0 Å². The molecule has 0 aromatic heterocycles. The summed E-state index contributed by atoms with van der Waals surface area (Å²) in [4.78, 5) is 24.6. The molecule has 8 fully saturated rings. The van der Waals surface area contributed by atoms with Gasteiger partial charge in [0.25, 0.3) is 0 Å². The van der Waals surface area contributed by atoms with Crippen molar-refractivity contribution >= 4 is 12.2 Å². The lowest BCUT2D eigenvalue weighted by molar-refractivity contribution is -0.128. The number of ether oxygens (including phenoxy) is 2. The van der Waals surface area contributed by atoms with Gasteiger partial charge in [-0.2, -0.15) is 0 Å². The predicted molar refractivity (Wildman–Crippen MR) is 99.6 cm³/mol. The summed E-state index contributed by atoms with van der Waals surface area (Å²) in [6.45, 7) is 0. The van der Waals surface area contributed by atoms with Crippen molar-refractivity contribution in [3.8, 4) is 0 Å². The molecule has 0 saturated heterocycles. The zero-order chi connectivity index (χ0) is 18.9. The van der Waals surface area contributed by atoms with Crippen LogP contribution in [0.15, 0.2) is 10.2 Å². The van der Waals surface area contributed by atoms with Gasteiger partial charge in [-0.25, -0.2) is 9.59 Å². The molecule has 0 aromatic rings. The first kappa shape index (κ1) is 17.4. The van der Waals surface area contributed by atoms with Crippen LogP contribution in [0.1, 0.15) is 77.0 Å². The van der Waals surface area contributed by atoms with Crippen molar-refractivity contribution in [3.63, 3.8) is 0 Å². The maximum Gasteiger partial charge on any atom is 0.453 e. The number of carbonyl (C=O) groups is 2. The van der Waals surface area contributed by atoms with E-state index in [0.29, 0.717) is 35.5 Å². The smallest absolute Gasteiger partial charge is 0.440 e. The minimum Gasteiger partial charge on any atom is -0.440 e. The van der Waals surface area contributed by atoms with Crippen molar-refractivity contribution in [2.45, 2.75) is 88.3 Å². The first-order chi connectivity index (χ1) is 13.5. The quantitative estimate of drug-likeness (QED) is 0.575. The van der Waals surface area contributed by atoms with Crippen molar-refractivity contribution in [1.29, 1.82) is 0 Å². The molecule has 6 nitrogen and oxygen atoms in total. The van der Waals surface area contributed by atoms with Gasteiger partial charge in [-0.15, -0.1) is 0 Å². The lowest BCUT2D eigenvalue weighted by Gasteiger charge is -2.55. The highest BCUT2D eigenvalue weighted by Gasteiger charge is 2.54. The average Bonchev–Trinajstić information content (AvgIpc) is 2.56. The zero-order valence-corrected chi connectivity index (χ0v) is 16.5. The van der Waals surface area contributed by atoms with Crippen molar-refractivity contribution in [1.82, 2.24) is 0 Å². The molecule has 0 N–H and O–H groups in total. The molecule has 0 unspecified atom stereocenters. The number of amides is 2. The topological polar surface area (TPSA) is 77.3 Å². The summed E-state index contributed by atoms with van der Waals surface area (Å²) in [5.41, 5.74) is -0.705. The van der Waals surface area contributed by atoms with E-state index in [4.69, 9.17) is 9.47 Å². The normalized spacial score (nSPS) is 50.3. The third-order valence-corrected chi connectivity index (χ3v) is 8.79. The maximum absolute atomic E-state index is 12.3. The molecule has 6 heteroatoms. The fourth-order valence-corrected chi connectivity index (χ4v) is 8.81. The van der Waals surface area contributed by atoms with Gasteiger partial charge in [-0.05, 0) is 113 Å². The zero-order valence-electron chi connectivity index (χ0n) is 16.5. The number of nitrogens with zero attached hydrogens (tertiary/aromatic N) is 2. The van der Waals surface area contributed by atoms with Gasteiger partial charge in [-0.1, -0.05) is 10.2 Å². The molecule has 8 aliphatic carbocycles. The number of carbonyl (C=O) groups excluding carboxylic acids is 2. The Balaban J connectivity index is 1.07. The molecule has 8 rings (SSSR count). The van der Waals surface area contributed by atoms with Gasteiger partial charge in [0.15, 0.2) is 0 Å². The molecule has 152 valence electrons. The second-order valence-corrected chi connectivity index (χ2v) is 11.1. The second-order valence-electron chi connectivity index (χ2n) is 11.1. The summed E-state index contributed by atoms with van der Waals surface area (Å²) in [6, 6.07) is 0. The Morgan fingerprint density at radius 2 is 0.786 bits per heavy atom. The summed E-state index contributed by atoms with van der Waals surface area (Å²) in [6.07, 6.45) is 12.0. The highest BCUT2D eigenvalue weighted by atomic mass is 16.6. The number of hydrogen-bond acceptors (Lipinski definition) is 4. The first-order valence-corrected chi connectivity index (χ1v) is 11.3. The van der Waals surface area contributed by atoms with Gasteiger partial charge < -0.3 is 9.47 Å². The average molecular weight is 386 g/mol. The molecular weight excluding hydrogens is 356 g/mol. The van der Waals surface area contributed by atoms with Gasteiger partial charge in [0.05, 0.1) is 0 Å². The summed E-state index contributed by atoms with van der Waals surface area (Å²) in [7, 11) is 0. The molecule has 8 aliphatic rings. The van der Waals surface area contributed by atoms with Crippen LogP contribution in [0.4, 0.5) is 9.59 Å². The SMILES string of the molecule is O=C(N=NC(=O)OC12CC3CC(CC(C3)C1)C2)OC12CC3CC(CC(C3)C1)C2. The van der Waals surface area contributed by atoms with Crippen LogP contribution in [0.25, 0.3) is 0 Å². The van der Waals surface area contributed by atoms with Crippen LogP contribution in [0.5, 0.6) is 0 Å². The van der Waals surface area contributed by atoms with Gasteiger partial charge in [0.2, 0.25) is 0 Å². The Hall–Kier alpha value is -1.46. The van der Waals surface area contributed by atoms with E-state index in [2.05, 4.69) is 10.2 Å². The van der Waals surface area contributed by atoms with E-state index in [0.717, 1.165) is 38.5 Å². The third-order valence-electron chi connectivity index (χ3n) is 8.79. The predicted octanol–water partition coefficient (Wildman–Crippen LogP) is 5.65. The van der Waals surface area contributed by atoms with Crippen LogP contribution in [-0.2, 0) is 9.47 Å². The van der Waals surface area contributed by atoms with Crippen LogP contribution < -0.4 is 0 Å². The van der Waals surface area contributed by atoms with E-state index in [-0.39, 0.29) is 11.2 Å². The van der Waals surface area contributed by atoms with Crippen LogP contribution in [0.2, 0.25) is 0 Å². The standard InChI is InChI=1S/C22H30N2O4/c25-19(27-21-7-13-1-14(8-21)3-15(2-13)9-21)23-24-20(26)28-22-10-16-4-17(11-22)6-18(5-16)12-22/h13-18H,1-12H2. The Kier molecular flexibility index (Phi) is 3.74. The van der Waals surface area contributed by atoms with Crippen molar-refractivity contribution < 1.29 is 19.1 Å².